The van der Waals surface area contributed by atoms with Crippen LogP contribution in [0.2, 0.25) is 0 Å². The van der Waals surface area contributed by atoms with Gasteiger partial charge in [-0.3, -0.25) is 0 Å². The van der Waals surface area contributed by atoms with Crippen molar-refractivity contribution >= 4 is 22.0 Å². The van der Waals surface area contributed by atoms with E-state index in [0.717, 1.165) is 35.9 Å². The largest absolute Gasteiger partial charge is 0.439 e. The fourth-order valence-corrected chi connectivity index (χ4v) is 2.84. The maximum atomic E-state index is 5.95. The van der Waals surface area contributed by atoms with E-state index in [-0.39, 0.29) is 0 Å². The summed E-state index contributed by atoms with van der Waals surface area (Å²) in [6.45, 7) is 0. The molecule has 1 saturated carbocycles. The molecule has 4 heteroatoms. The zero-order valence-electron chi connectivity index (χ0n) is 12.3. The van der Waals surface area contributed by atoms with Gasteiger partial charge < -0.3 is 10.5 Å². The second-order valence-electron chi connectivity index (χ2n) is 5.63. The van der Waals surface area contributed by atoms with Crippen LogP contribution in [0.4, 0.5) is 0 Å². The molecule has 1 aromatic carbocycles. The average molecular weight is 359 g/mol. The Kier molecular flexibility index (Phi) is 4.90. The van der Waals surface area contributed by atoms with E-state index in [1.165, 1.54) is 11.1 Å². The zero-order valence-corrected chi connectivity index (χ0v) is 13.9. The standard InChI is InChI=1S/C18H19BrN2O/c19-15-6-9-18(21-12-15)22-17-3-1-2-14(11-17)10-13-4-7-16(20)8-5-13/h1-3,6,9-12,16H,4-5,7-8,20H2. The third kappa shape index (κ3) is 4.18. The number of halogens is 1. The Morgan fingerprint density at radius 3 is 2.73 bits per heavy atom. The molecule has 1 heterocycles. The van der Waals surface area contributed by atoms with Crippen LogP contribution >= 0.6 is 15.9 Å². The topological polar surface area (TPSA) is 48.1 Å². The zero-order chi connectivity index (χ0) is 15.4. The van der Waals surface area contributed by atoms with Crippen molar-refractivity contribution in [2.45, 2.75) is 31.7 Å². The Balaban J connectivity index is 1.72. The molecule has 0 unspecified atom stereocenters. The van der Waals surface area contributed by atoms with E-state index in [0.29, 0.717) is 11.9 Å². The molecule has 1 aliphatic carbocycles. The number of aromatic nitrogens is 1. The molecule has 2 N–H and O–H groups in total. The van der Waals surface area contributed by atoms with Gasteiger partial charge in [-0.1, -0.05) is 23.8 Å². The minimum Gasteiger partial charge on any atom is -0.439 e. The van der Waals surface area contributed by atoms with Gasteiger partial charge in [0, 0.05) is 22.8 Å². The van der Waals surface area contributed by atoms with E-state index < -0.39 is 0 Å². The third-order valence-electron chi connectivity index (χ3n) is 3.82. The monoisotopic (exact) mass is 358 g/mol. The first-order valence-electron chi connectivity index (χ1n) is 7.53. The Morgan fingerprint density at radius 1 is 1.18 bits per heavy atom. The first-order valence-corrected chi connectivity index (χ1v) is 8.33. The fraction of sp³-hybridized carbons (Fsp3) is 0.278. The molecule has 3 rings (SSSR count). The molecule has 22 heavy (non-hydrogen) atoms. The Morgan fingerprint density at radius 2 is 2.00 bits per heavy atom. The van der Waals surface area contributed by atoms with Crippen LogP contribution in [0.25, 0.3) is 6.08 Å². The number of benzene rings is 1. The lowest BCUT2D eigenvalue weighted by Crippen LogP contribution is -2.23. The summed E-state index contributed by atoms with van der Waals surface area (Å²) >= 11 is 3.37. The summed E-state index contributed by atoms with van der Waals surface area (Å²) in [5.74, 6) is 1.40. The van der Waals surface area contributed by atoms with Crippen LogP contribution in [-0.4, -0.2) is 11.0 Å². The van der Waals surface area contributed by atoms with E-state index in [1.807, 2.05) is 30.3 Å². The van der Waals surface area contributed by atoms with Crippen molar-refractivity contribution in [1.29, 1.82) is 0 Å². The van der Waals surface area contributed by atoms with Crippen LogP contribution in [0.5, 0.6) is 11.6 Å². The molecule has 0 aliphatic heterocycles. The highest BCUT2D eigenvalue weighted by Gasteiger charge is 2.12. The predicted octanol–water partition coefficient (Wildman–Crippen LogP) is 4.92. The molecular formula is C18H19BrN2O. The van der Waals surface area contributed by atoms with E-state index in [1.54, 1.807) is 6.20 Å². The first-order chi connectivity index (χ1) is 10.7. The second-order valence-corrected chi connectivity index (χ2v) is 6.54. The van der Waals surface area contributed by atoms with E-state index >= 15 is 0 Å². The summed E-state index contributed by atoms with van der Waals surface area (Å²) < 4.78 is 6.74. The highest BCUT2D eigenvalue weighted by Crippen LogP contribution is 2.27. The van der Waals surface area contributed by atoms with Crippen molar-refractivity contribution in [2.24, 2.45) is 5.73 Å². The van der Waals surface area contributed by atoms with Crippen molar-refractivity contribution in [3.8, 4) is 11.6 Å². The number of nitrogens with two attached hydrogens (primary N) is 1. The second kappa shape index (κ2) is 7.07. The van der Waals surface area contributed by atoms with Gasteiger partial charge in [0.15, 0.2) is 0 Å². The fourth-order valence-electron chi connectivity index (χ4n) is 2.60. The minimum absolute atomic E-state index is 0.371. The molecule has 1 aromatic heterocycles. The van der Waals surface area contributed by atoms with Gasteiger partial charge in [0.2, 0.25) is 5.88 Å². The number of allylic oxidation sites excluding steroid dienone is 1. The lowest BCUT2D eigenvalue weighted by atomic mass is 9.90. The molecule has 0 radical (unpaired) electrons. The SMILES string of the molecule is NC1CCC(=Cc2cccc(Oc3ccc(Br)cn3)c2)CC1. The molecule has 1 fully saturated rings. The summed E-state index contributed by atoms with van der Waals surface area (Å²) in [6, 6.07) is 12.2. The maximum Gasteiger partial charge on any atom is 0.219 e. The normalized spacial score (nSPS) is 18.1. The number of ether oxygens (including phenoxy) is 1. The van der Waals surface area contributed by atoms with Crippen LogP contribution < -0.4 is 10.5 Å². The average Bonchev–Trinajstić information content (AvgIpc) is 2.52. The summed E-state index contributed by atoms with van der Waals surface area (Å²) in [7, 11) is 0. The van der Waals surface area contributed by atoms with Crippen molar-refractivity contribution in [2.75, 3.05) is 0 Å². The lowest BCUT2D eigenvalue weighted by molar-refractivity contribution is 0.462. The molecule has 0 bridgehead atoms. The van der Waals surface area contributed by atoms with E-state index in [9.17, 15) is 0 Å². The van der Waals surface area contributed by atoms with Gasteiger partial charge in [0.05, 0.1) is 0 Å². The van der Waals surface area contributed by atoms with Gasteiger partial charge in [0.25, 0.3) is 0 Å². The van der Waals surface area contributed by atoms with Crippen molar-refractivity contribution < 1.29 is 4.74 Å². The number of pyridine rings is 1. The molecule has 0 spiro atoms. The molecule has 0 atom stereocenters. The lowest BCUT2D eigenvalue weighted by Gasteiger charge is -2.20. The Hall–Kier alpha value is -1.65. The van der Waals surface area contributed by atoms with Crippen LogP contribution in [0.3, 0.4) is 0 Å². The van der Waals surface area contributed by atoms with Crippen molar-refractivity contribution in [1.82, 2.24) is 4.98 Å². The molecule has 3 nitrogen and oxygen atoms in total. The van der Waals surface area contributed by atoms with E-state index in [4.69, 9.17) is 10.5 Å². The van der Waals surface area contributed by atoms with Crippen molar-refractivity contribution in [3.05, 3.63) is 58.2 Å². The smallest absolute Gasteiger partial charge is 0.219 e. The third-order valence-corrected chi connectivity index (χ3v) is 4.29. The van der Waals surface area contributed by atoms with Gasteiger partial charge in [-0.25, -0.2) is 4.98 Å². The summed E-state index contributed by atoms with van der Waals surface area (Å²) in [4.78, 5) is 4.23. The number of rotatable bonds is 3. The highest BCUT2D eigenvalue weighted by molar-refractivity contribution is 9.10. The summed E-state index contributed by atoms with van der Waals surface area (Å²) in [6.07, 6.45) is 8.36. The molecule has 2 aromatic rings. The predicted molar refractivity (Wildman–Crippen MR) is 92.9 cm³/mol. The quantitative estimate of drug-likeness (QED) is 0.846. The minimum atomic E-state index is 0.371. The molecule has 1 aliphatic rings. The van der Waals surface area contributed by atoms with Gasteiger partial charge in [-0.15, -0.1) is 0 Å². The van der Waals surface area contributed by atoms with E-state index in [2.05, 4.69) is 33.1 Å². The van der Waals surface area contributed by atoms with Crippen LogP contribution in [0.1, 0.15) is 31.2 Å². The van der Waals surface area contributed by atoms with Crippen LogP contribution in [0.15, 0.2) is 52.6 Å². The maximum absolute atomic E-state index is 5.95. The van der Waals surface area contributed by atoms with Gasteiger partial charge in [-0.2, -0.15) is 0 Å². The summed E-state index contributed by atoms with van der Waals surface area (Å²) in [5.41, 5.74) is 8.59. The molecule has 0 saturated heterocycles. The van der Waals surface area contributed by atoms with Crippen molar-refractivity contribution in [3.63, 3.8) is 0 Å². The Bertz CT molecular complexity index is 657. The molecular weight excluding hydrogens is 340 g/mol. The van der Waals surface area contributed by atoms with Gasteiger partial charge in [0.1, 0.15) is 5.75 Å². The number of nitrogens with zero attached hydrogens (tertiary/aromatic N) is 1. The summed E-state index contributed by atoms with van der Waals surface area (Å²) in [5, 5.41) is 0. The number of hydrogen-bond acceptors (Lipinski definition) is 3. The first kappa shape index (κ1) is 15.3. The van der Waals surface area contributed by atoms with Crippen LogP contribution in [-0.2, 0) is 0 Å². The Labute approximate surface area is 139 Å². The number of hydrogen-bond donors (Lipinski definition) is 1. The van der Waals surface area contributed by atoms with Gasteiger partial charge >= 0.3 is 0 Å². The highest BCUT2D eigenvalue weighted by atomic mass is 79.9. The van der Waals surface area contributed by atoms with Crippen LogP contribution in [0, 0.1) is 0 Å². The molecule has 114 valence electrons. The van der Waals surface area contributed by atoms with Gasteiger partial charge in [-0.05, 0) is 65.4 Å². The molecule has 0 amide bonds.